The Morgan fingerprint density at radius 1 is 1.26 bits per heavy atom. The molecule has 3 rings (SSSR count). The van der Waals surface area contributed by atoms with Crippen LogP contribution in [0.5, 0.6) is 5.75 Å². The average molecular weight is 274 g/mol. The van der Waals surface area contributed by atoms with Crippen LogP contribution in [0.1, 0.15) is 18.5 Å². The molecule has 0 bridgehead atoms. The largest absolute Gasteiger partial charge is 0.494 e. The number of thioether (sulfide) groups is 1. The SMILES string of the molecule is CCOc1ccc2ccccc2c1C(N)[C@@H]1SC1N. The van der Waals surface area contributed by atoms with E-state index in [0.717, 1.165) is 11.3 Å². The van der Waals surface area contributed by atoms with Gasteiger partial charge in [-0.1, -0.05) is 30.3 Å². The van der Waals surface area contributed by atoms with E-state index in [4.69, 9.17) is 16.2 Å². The lowest BCUT2D eigenvalue weighted by Gasteiger charge is -2.18. The molecule has 2 unspecified atom stereocenters. The lowest BCUT2D eigenvalue weighted by molar-refractivity contribution is 0.335. The summed E-state index contributed by atoms with van der Waals surface area (Å²) in [6.07, 6.45) is 0. The fourth-order valence-corrected chi connectivity index (χ4v) is 3.24. The standard InChI is InChI=1S/C15H18N2OS/c1-2-18-11-8-7-9-5-3-4-6-10(9)12(11)13(16)14-15(17)19-14/h3-8,13-15H,2,16-17H2,1H3/t13?,14-,15?/m0/s1. The van der Waals surface area contributed by atoms with Gasteiger partial charge in [-0.25, -0.2) is 0 Å². The minimum absolute atomic E-state index is 0.0763. The molecule has 100 valence electrons. The zero-order chi connectivity index (χ0) is 13.4. The predicted octanol–water partition coefficient (Wildman–Crippen LogP) is 2.64. The molecular weight excluding hydrogens is 256 g/mol. The van der Waals surface area contributed by atoms with Crippen molar-refractivity contribution in [2.24, 2.45) is 11.5 Å². The van der Waals surface area contributed by atoms with E-state index in [1.807, 2.05) is 25.1 Å². The van der Waals surface area contributed by atoms with Crippen LogP contribution in [0.4, 0.5) is 0 Å². The van der Waals surface area contributed by atoms with Gasteiger partial charge in [-0.2, -0.15) is 0 Å². The summed E-state index contributed by atoms with van der Waals surface area (Å²) >= 11 is 1.73. The minimum Gasteiger partial charge on any atom is -0.494 e. The summed E-state index contributed by atoms with van der Waals surface area (Å²) in [4.78, 5) is 0. The molecule has 4 heteroatoms. The zero-order valence-electron chi connectivity index (χ0n) is 10.9. The van der Waals surface area contributed by atoms with Crippen molar-refractivity contribution in [3.63, 3.8) is 0 Å². The Balaban J connectivity index is 2.13. The molecule has 1 saturated heterocycles. The first-order valence-electron chi connectivity index (χ1n) is 6.53. The summed E-state index contributed by atoms with van der Waals surface area (Å²) in [6, 6.07) is 12.3. The van der Waals surface area contributed by atoms with E-state index >= 15 is 0 Å². The normalized spacial score (nSPS) is 23.3. The van der Waals surface area contributed by atoms with E-state index in [9.17, 15) is 0 Å². The Bertz CT molecular complexity index is 602. The van der Waals surface area contributed by atoms with Crippen molar-refractivity contribution in [3.05, 3.63) is 42.0 Å². The van der Waals surface area contributed by atoms with Gasteiger partial charge in [0, 0.05) is 11.6 Å². The molecule has 2 aromatic carbocycles. The second kappa shape index (κ2) is 5.04. The first kappa shape index (κ1) is 12.8. The zero-order valence-corrected chi connectivity index (χ0v) is 11.7. The summed E-state index contributed by atoms with van der Waals surface area (Å²) in [7, 11) is 0. The van der Waals surface area contributed by atoms with Crippen LogP contribution in [0.15, 0.2) is 36.4 Å². The van der Waals surface area contributed by atoms with Crippen LogP contribution in [0, 0.1) is 0 Å². The number of benzene rings is 2. The lowest BCUT2D eigenvalue weighted by atomic mass is 9.96. The van der Waals surface area contributed by atoms with E-state index < -0.39 is 0 Å². The van der Waals surface area contributed by atoms with Crippen LogP contribution in [-0.2, 0) is 0 Å². The molecule has 4 N–H and O–H groups in total. The molecule has 0 saturated carbocycles. The van der Waals surface area contributed by atoms with Crippen LogP contribution in [0.2, 0.25) is 0 Å². The minimum atomic E-state index is -0.0763. The topological polar surface area (TPSA) is 61.3 Å². The third kappa shape index (κ3) is 2.31. The predicted molar refractivity (Wildman–Crippen MR) is 81.4 cm³/mol. The van der Waals surface area contributed by atoms with Crippen molar-refractivity contribution in [2.75, 3.05) is 6.61 Å². The molecule has 3 nitrogen and oxygen atoms in total. The van der Waals surface area contributed by atoms with Crippen LogP contribution in [0.25, 0.3) is 10.8 Å². The molecule has 3 atom stereocenters. The second-order valence-corrected chi connectivity index (χ2v) is 6.08. The summed E-state index contributed by atoms with van der Waals surface area (Å²) < 4.78 is 5.75. The van der Waals surface area contributed by atoms with Crippen molar-refractivity contribution in [3.8, 4) is 5.75 Å². The fraction of sp³-hybridized carbons (Fsp3) is 0.333. The molecular formula is C15H18N2OS. The Kier molecular flexibility index (Phi) is 3.39. The van der Waals surface area contributed by atoms with Crippen LogP contribution < -0.4 is 16.2 Å². The summed E-state index contributed by atoms with van der Waals surface area (Å²) in [6.45, 7) is 2.63. The molecule has 1 aliphatic rings. The highest BCUT2D eigenvalue weighted by Crippen LogP contribution is 2.47. The number of hydrogen-bond donors (Lipinski definition) is 2. The molecule has 0 aliphatic carbocycles. The Morgan fingerprint density at radius 2 is 2.00 bits per heavy atom. The van der Waals surface area contributed by atoms with Crippen LogP contribution >= 0.6 is 11.8 Å². The lowest BCUT2D eigenvalue weighted by Crippen LogP contribution is -2.22. The smallest absolute Gasteiger partial charge is 0.124 e. The second-order valence-electron chi connectivity index (χ2n) is 4.72. The summed E-state index contributed by atoms with van der Waals surface area (Å²) in [5.41, 5.74) is 13.4. The van der Waals surface area contributed by atoms with Gasteiger partial charge in [-0.3, -0.25) is 0 Å². The van der Waals surface area contributed by atoms with Gasteiger partial charge in [0.15, 0.2) is 0 Å². The Labute approximate surface area is 117 Å². The van der Waals surface area contributed by atoms with Gasteiger partial charge in [0.05, 0.1) is 17.2 Å². The fourth-order valence-electron chi connectivity index (χ4n) is 2.49. The molecule has 0 amide bonds. The van der Waals surface area contributed by atoms with E-state index in [2.05, 4.69) is 18.2 Å². The highest BCUT2D eigenvalue weighted by atomic mass is 32.2. The van der Waals surface area contributed by atoms with Gasteiger partial charge >= 0.3 is 0 Å². The van der Waals surface area contributed by atoms with Crippen molar-refractivity contribution in [1.82, 2.24) is 0 Å². The molecule has 0 spiro atoms. The van der Waals surface area contributed by atoms with Gasteiger partial charge in [-0.05, 0) is 23.8 Å². The molecule has 1 heterocycles. The third-order valence-electron chi connectivity index (χ3n) is 3.48. The van der Waals surface area contributed by atoms with E-state index in [0.29, 0.717) is 11.9 Å². The summed E-state index contributed by atoms with van der Waals surface area (Å²) in [5.74, 6) is 0.883. The Hall–Kier alpha value is -1.23. The molecule has 19 heavy (non-hydrogen) atoms. The van der Waals surface area contributed by atoms with Gasteiger partial charge in [0.1, 0.15) is 5.75 Å². The number of nitrogens with two attached hydrogens (primary N) is 2. The monoisotopic (exact) mass is 274 g/mol. The number of rotatable bonds is 4. The van der Waals surface area contributed by atoms with Crippen LogP contribution in [-0.4, -0.2) is 17.2 Å². The van der Waals surface area contributed by atoms with Gasteiger partial charge in [-0.15, -0.1) is 11.8 Å². The molecule has 0 aromatic heterocycles. The van der Waals surface area contributed by atoms with Gasteiger partial charge < -0.3 is 16.2 Å². The van der Waals surface area contributed by atoms with Gasteiger partial charge in [0.2, 0.25) is 0 Å². The van der Waals surface area contributed by atoms with E-state index in [1.165, 1.54) is 10.8 Å². The van der Waals surface area contributed by atoms with Crippen LogP contribution in [0.3, 0.4) is 0 Å². The van der Waals surface area contributed by atoms with Crippen molar-refractivity contribution >= 4 is 22.5 Å². The molecule has 1 aliphatic heterocycles. The quantitative estimate of drug-likeness (QED) is 0.841. The molecule has 2 aromatic rings. The van der Waals surface area contributed by atoms with Crippen molar-refractivity contribution in [2.45, 2.75) is 23.6 Å². The number of ether oxygens (including phenoxy) is 1. The number of fused-ring (bicyclic) bond motifs is 1. The maximum absolute atomic E-state index is 6.41. The highest BCUT2D eigenvalue weighted by Gasteiger charge is 2.42. The highest BCUT2D eigenvalue weighted by molar-refractivity contribution is 8.07. The summed E-state index contributed by atoms with van der Waals surface area (Å²) in [5, 5.41) is 2.81. The molecule has 1 fully saturated rings. The van der Waals surface area contributed by atoms with Crippen molar-refractivity contribution in [1.29, 1.82) is 0 Å². The Morgan fingerprint density at radius 3 is 2.68 bits per heavy atom. The maximum Gasteiger partial charge on any atom is 0.124 e. The number of hydrogen-bond acceptors (Lipinski definition) is 4. The van der Waals surface area contributed by atoms with E-state index in [1.54, 1.807) is 11.8 Å². The maximum atomic E-state index is 6.41. The molecule has 0 radical (unpaired) electrons. The first-order chi connectivity index (χ1) is 9.22. The van der Waals surface area contributed by atoms with Gasteiger partial charge in [0.25, 0.3) is 0 Å². The third-order valence-corrected chi connectivity index (χ3v) is 4.67. The first-order valence-corrected chi connectivity index (χ1v) is 7.47. The van der Waals surface area contributed by atoms with E-state index in [-0.39, 0.29) is 11.4 Å². The average Bonchev–Trinajstić information content (AvgIpc) is 3.15. The van der Waals surface area contributed by atoms with Crippen molar-refractivity contribution < 1.29 is 4.74 Å².